The van der Waals surface area contributed by atoms with Gasteiger partial charge in [0.2, 0.25) is 5.91 Å². The Morgan fingerprint density at radius 1 is 1.00 bits per heavy atom. The Balaban J connectivity index is 1.38. The molecule has 0 bridgehead atoms. The minimum absolute atomic E-state index is 0.00372. The molecule has 0 saturated carbocycles. The van der Waals surface area contributed by atoms with Gasteiger partial charge in [-0.2, -0.15) is 0 Å². The van der Waals surface area contributed by atoms with E-state index in [-0.39, 0.29) is 11.7 Å². The summed E-state index contributed by atoms with van der Waals surface area (Å²) in [6, 6.07) is 17.2. The predicted octanol–water partition coefficient (Wildman–Crippen LogP) is 5.70. The van der Waals surface area contributed by atoms with Crippen molar-refractivity contribution in [1.82, 2.24) is 9.97 Å². The second-order valence-electron chi connectivity index (χ2n) is 7.51. The quantitative estimate of drug-likeness (QED) is 0.269. The number of Topliss-reactive ketones (excluding diaryl/α,β-unsaturated/α-hetero) is 1. The van der Waals surface area contributed by atoms with Crippen LogP contribution < -0.4 is 10.6 Å². The van der Waals surface area contributed by atoms with E-state index in [0.29, 0.717) is 30.6 Å². The maximum atomic E-state index is 12.3. The van der Waals surface area contributed by atoms with Gasteiger partial charge < -0.3 is 10.6 Å². The van der Waals surface area contributed by atoms with Crippen LogP contribution in [-0.4, -0.2) is 28.2 Å². The molecule has 32 heavy (non-hydrogen) atoms. The van der Waals surface area contributed by atoms with Gasteiger partial charge in [0.25, 0.3) is 0 Å². The number of amides is 1. The van der Waals surface area contributed by atoms with E-state index in [1.165, 1.54) is 11.8 Å². The fraction of sp³-hybridized carbons (Fsp3) is 0.200. The molecule has 162 valence electrons. The van der Waals surface area contributed by atoms with E-state index >= 15 is 0 Å². The van der Waals surface area contributed by atoms with E-state index in [1.54, 1.807) is 41.9 Å². The highest BCUT2D eigenvalue weighted by atomic mass is 32.1. The van der Waals surface area contributed by atoms with E-state index in [9.17, 15) is 9.59 Å². The van der Waals surface area contributed by atoms with Crippen LogP contribution in [0.25, 0.3) is 21.3 Å². The highest BCUT2D eigenvalue weighted by molar-refractivity contribution is 7.19. The van der Waals surface area contributed by atoms with E-state index in [0.717, 1.165) is 27.2 Å². The summed E-state index contributed by atoms with van der Waals surface area (Å²) in [4.78, 5) is 34.7. The topological polar surface area (TPSA) is 84.0 Å². The molecule has 0 aliphatic heterocycles. The largest absolute Gasteiger partial charge is 0.369 e. The van der Waals surface area contributed by atoms with Crippen molar-refractivity contribution < 1.29 is 9.59 Å². The first-order valence-electron chi connectivity index (χ1n) is 10.5. The molecule has 0 aliphatic rings. The number of thiophene rings is 1. The second-order valence-corrected chi connectivity index (χ2v) is 8.72. The smallest absolute Gasteiger partial charge is 0.224 e. The molecule has 4 aromatic rings. The lowest BCUT2D eigenvalue weighted by Gasteiger charge is -2.09. The molecule has 1 amide bonds. The molecule has 2 heterocycles. The van der Waals surface area contributed by atoms with Crippen molar-refractivity contribution in [3.63, 3.8) is 0 Å². The van der Waals surface area contributed by atoms with Crippen LogP contribution in [-0.2, 0) is 4.79 Å². The van der Waals surface area contributed by atoms with Crippen LogP contribution >= 0.6 is 11.3 Å². The summed E-state index contributed by atoms with van der Waals surface area (Å²) in [5.74, 6) is 0.731. The van der Waals surface area contributed by atoms with Crippen LogP contribution in [0.3, 0.4) is 0 Å². The van der Waals surface area contributed by atoms with Crippen molar-refractivity contribution in [1.29, 1.82) is 0 Å². The van der Waals surface area contributed by atoms with Gasteiger partial charge >= 0.3 is 0 Å². The van der Waals surface area contributed by atoms with Crippen LogP contribution in [0.5, 0.6) is 0 Å². The van der Waals surface area contributed by atoms with Gasteiger partial charge in [0.05, 0.1) is 5.39 Å². The molecule has 2 aromatic heterocycles. The molecule has 0 aliphatic carbocycles. The molecule has 0 radical (unpaired) electrons. The van der Waals surface area contributed by atoms with Gasteiger partial charge in [0, 0.05) is 34.7 Å². The monoisotopic (exact) mass is 444 g/mol. The number of carbonyl (C=O) groups excluding carboxylic acids is 2. The molecule has 2 aromatic carbocycles. The second kappa shape index (κ2) is 9.70. The number of carbonyl (C=O) groups is 2. The third-order valence-electron chi connectivity index (χ3n) is 5.18. The maximum Gasteiger partial charge on any atom is 0.224 e. The third kappa shape index (κ3) is 4.84. The summed E-state index contributed by atoms with van der Waals surface area (Å²) in [6.07, 6.45) is 2.61. The fourth-order valence-corrected chi connectivity index (χ4v) is 4.61. The number of rotatable bonds is 8. The molecular weight excluding hydrogens is 420 g/mol. The van der Waals surface area contributed by atoms with E-state index in [1.807, 2.05) is 18.2 Å². The Morgan fingerprint density at radius 2 is 1.75 bits per heavy atom. The first-order chi connectivity index (χ1) is 15.5. The molecule has 0 unspecified atom stereocenters. The predicted molar refractivity (Wildman–Crippen MR) is 130 cm³/mol. The van der Waals surface area contributed by atoms with Gasteiger partial charge in [-0.3, -0.25) is 9.59 Å². The molecule has 7 heteroatoms. The van der Waals surface area contributed by atoms with Crippen molar-refractivity contribution >= 4 is 44.7 Å². The highest BCUT2D eigenvalue weighted by Gasteiger charge is 2.16. The van der Waals surface area contributed by atoms with Gasteiger partial charge in [-0.05, 0) is 50.1 Å². The first-order valence-corrected chi connectivity index (χ1v) is 11.3. The summed E-state index contributed by atoms with van der Waals surface area (Å²) >= 11 is 1.66. The Bertz CT molecular complexity index is 1250. The van der Waals surface area contributed by atoms with Gasteiger partial charge in [-0.15, -0.1) is 11.3 Å². The molecule has 0 spiro atoms. The number of nitrogens with zero attached hydrogens (tertiary/aromatic N) is 2. The number of nitrogens with one attached hydrogen (secondary N) is 2. The van der Waals surface area contributed by atoms with Crippen LogP contribution in [0.2, 0.25) is 0 Å². The minimum Gasteiger partial charge on any atom is -0.369 e. The Kier molecular flexibility index (Phi) is 6.56. The normalized spacial score (nSPS) is 10.8. The first kappa shape index (κ1) is 21.6. The Hall–Kier alpha value is -3.58. The minimum atomic E-state index is -0.0634. The lowest BCUT2D eigenvalue weighted by molar-refractivity contribution is -0.116. The van der Waals surface area contributed by atoms with Crippen LogP contribution in [0.4, 0.5) is 11.5 Å². The third-order valence-corrected chi connectivity index (χ3v) is 6.19. The number of hydrogen-bond donors (Lipinski definition) is 2. The summed E-state index contributed by atoms with van der Waals surface area (Å²) in [5, 5.41) is 7.28. The van der Waals surface area contributed by atoms with Gasteiger partial charge in [0.1, 0.15) is 17.0 Å². The summed E-state index contributed by atoms with van der Waals surface area (Å²) in [7, 11) is 0. The molecule has 2 N–H and O–H groups in total. The summed E-state index contributed by atoms with van der Waals surface area (Å²) in [6.45, 7) is 4.24. The zero-order chi connectivity index (χ0) is 22.5. The number of hydrogen-bond acceptors (Lipinski definition) is 6. The zero-order valence-electron chi connectivity index (χ0n) is 18.0. The van der Waals surface area contributed by atoms with Crippen LogP contribution in [0.15, 0.2) is 60.9 Å². The molecule has 0 saturated heterocycles. The van der Waals surface area contributed by atoms with Crippen molar-refractivity contribution in [3.05, 3.63) is 71.4 Å². The van der Waals surface area contributed by atoms with E-state index in [4.69, 9.17) is 0 Å². The molecule has 6 nitrogen and oxygen atoms in total. The molecule has 0 fully saturated rings. The highest BCUT2D eigenvalue weighted by Crippen LogP contribution is 2.40. The summed E-state index contributed by atoms with van der Waals surface area (Å²) in [5.41, 5.74) is 3.61. The number of aromatic nitrogens is 2. The van der Waals surface area contributed by atoms with Crippen molar-refractivity contribution in [2.45, 2.75) is 26.7 Å². The Morgan fingerprint density at radius 3 is 2.47 bits per heavy atom. The van der Waals surface area contributed by atoms with Crippen LogP contribution in [0.1, 0.15) is 35.0 Å². The molecule has 4 rings (SSSR count). The fourth-order valence-electron chi connectivity index (χ4n) is 3.60. The van der Waals surface area contributed by atoms with Gasteiger partial charge in [0.15, 0.2) is 5.78 Å². The Labute approximate surface area is 190 Å². The number of anilines is 2. The average Bonchev–Trinajstić information content (AvgIpc) is 3.14. The SMILES string of the molecule is CC(=O)c1ccc(NC(=O)CCCNc2ncnc3sc(C)c(-c4ccccc4)c23)cc1. The number of fused-ring (bicyclic) bond motifs is 1. The summed E-state index contributed by atoms with van der Waals surface area (Å²) < 4.78 is 0. The molecular formula is C25H24N4O2S. The van der Waals surface area contributed by atoms with E-state index < -0.39 is 0 Å². The molecule has 0 atom stereocenters. The van der Waals surface area contributed by atoms with Crippen LogP contribution in [0, 0.1) is 6.92 Å². The van der Waals surface area contributed by atoms with Crippen molar-refractivity contribution in [3.8, 4) is 11.1 Å². The van der Waals surface area contributed by atoms with Crippen molar-refractivity contribution in [2.24, 2.45) is 0 Å². The van der Waals surface area contributed by atoms with Crippen molar-refractivity contribution in [2.75, 3.05) is 17.2 Å². The zero-order valence-corrected chi connectivity index (χ0v) is 18.8. The standard InChI is InChI=1S/C25H24N4O2S/c1-16(30)18-10-12-20(13-11-18)29-21(31)9-6-14-26-24-23-22(19-7-4-3-5-8-19)17(2)32-25(23)28-15-27-24/h3-5,7-8,10-13,15H,6,9,14H2,1-2H3,(H,29,31)(H,26,27,28). The number of aryl methyl sites for hydroxylation is 1. The average molecular weight is 445 g/mol. The van der Waals surface area contributed by atoms with Gasteiger partial charge in [-0.1, -0.05) is 30.3 Å². The van der Waals surface area contributed by atoms with E-state index in [2.05, 4.69) is 39.7 Å². The maximum absolute atomic E-state index is 12.3. The number of ketones is 1. The number of benzene rings is 2. The van der Waals surface area contributed by atoms with Gasteiger partial charge in [-0.25, -0.2) is 9.97 Å². The lowest BCUT2D eigenvalue weighted by Crippen LogP contribution is -2.14. The lowest BCUT2D eigenvalue weighted by atomic mass is 10.0.